The van der Waals surface area contributed by atoms with Crippen LogP contribution in [0.15, 0.2) is 47.5 Å². The molecule has 0 unspecified atom stereocenters. The zero-order chi connectivity index (χ0) is 19.7. The first kappa shape index (κ1) is 19.1. The van der Waals surface area contributed by atoms with Gasteiger partial charge in [-0.05, 0) is 36.8 Å². The summed E-state index contributed by atoms with van der Waals surface area (Å²) in [7, 11) is 1.45. The van der Waals surface area contributed by atoms with Gasteiger partial charge < -0.3 is 5.32 Å². The summed E-state index contributed by atoms with van der Waals surface area (Å²) in [5, 5.41) is 15.1. The Balaban J connectivity index is 2.09. The molecule has 1 N–H and O–H groups in total. The van der Waals surface area contributed by atoms with E-state index in [0.717, 1.165) is 10.5 Å². The maximum Gasteiger partial charge on any atom is 0.323 e. The minimum absolute atomic E-state index is 0.0451. The van der Waals surface area contributed by atoms with E-state index in [1.165, 1.54) is 19.2 Å². The summed E-state index contributed by atoms with van der Waals surface area (Å²) < 4.78 is 0. The summed E-state index contributed by atoms with van der Waals surface area (Å²) in [5.41, 5.74) is 2.04. The topological polar surface area (TPSA) is 87.8 Å². The third-order valence-electron chi connectivity index (χ3n) is 4.32. The normalized spacial score (nSPS) is 21.3. The molecule has 7 nitrogen and oxygen atoms in total. The predicted molar refractivity (Wildman–Crippen MR) is 105 cm³/mol. The molecule has 0 spiro atoms. The first-order chi connectivity index (χ1) is 12.8. The van der Waals surface area contributed by atoms with Gasteiger partial charge in [0, 0.05) is 12.0 Å². The maximum atomic E-state index is 12.4. The number of likely N-dealkylation sites (N-methyl/N-ethyl adjacent to an activating group) is 1. The van der Waals surface area contributed by atoms with Gasteiger partial charge in [0.1, 0.15) is 6.04 Å². The second-order valence-corrected chi connectivity index (χ2v) is 7.01. The number of aryl methyl sites for hydroxylation is 1. The van der Waals surface area contributed by atoms with Crippen molar-refractivity contribution in [3.8, 4) is 0 Å². The minimum Gasteiger partial charge on any atom is -0.323 e. The maximum absolute atomic E-state index is 12.4. The fraction of sp³-hybridized carbons (Fsp3) is 0.222. The number of nitrogens with one attached hydrogen (secondary N) is 1. The van der Waals surface area contributed by atoms with Gasteiger partial charge in [0.25, 0.3) is 6.04 Å². The monoisotopic (exact) mass is 406 g/mol. The lowest BCUT2D eigenvalue weighted by Gasteiger charge is -2.33. The smallest absolute Gasteiger partial charge is 0.323 e. The predicted octanol–water partition coefficient (Wildman–Crippen LogP) is 4.37. The zero-order valence-electron chi connectivity index (χ0n) is 14.5. The molecule has 2 amide bonds. The van der Waals surface area contributed by atoms with Gasteiger partial charge in [-0.1, -0.05) is 47.0 Å². The van der Waals surface area contributed by atoms with Crippen molar-refractivity contribution in [3.05, 3.63) is 73.8 Å². The van der Waals surface area contributed by atoms with Crippen LogP contribution in [0.2, 0.25) is 10.0 Å². The van der Waals surface area contributed by atoms with Gasteiger partial charge in [-0.2, -0.15) is 0 Å². The highest BCUT2D eigenvalue weighted by atomic mass is 35.5. The molecule has 3 rings (SSSR count). The van der Waals surface area contributed by atoms with Gasteiger partial charge >= 0.3 is 6.03 Å². The second kappa shape index (κ2) is 7.54. The van der Waals surface area contributed by atoms with Gasteiger partial charge in [-0.3, -0.25) is 15.0 Å². The van der Waals surface area contributed by atoms with Crippen molar-refractivity contribution in [2.24, 2.45) is 4.99 Å². The van der Waals surface area contributed by atoms with Crippen molar-refractivity contribution >= 4 is 40.8 Å². The molecule has 140 valence electrons. The Labute approximate surface area is 165 Å². The lowest BCUT2D eigenvalue weighted by atomic mass is 9.96. The van der Waals surface area contributed by atoms with E-state index in [1.807, 2.05) is 19.1 Å². The van der Waals surface area contributed by atoms with Crippen LogP contribution in [0, 0.1) is 17.0 Å². The van der Waals surface area contributed by atoms with Crippen LogP contribution >= 0.6 is 23.2 Å². The molecule has 0 aliphatic carbocycles. The summed E-state index contributed by atoms with van der Waals surface area (Å²) >= 11 is 12.0. The number of urea groups is 1. The number of nitro groups is 1. The average Bonchev–Trinajstić information content (AvgIpc) is 2.62. The first-order valence-electron chi connectivity index (χ1n) is 8.06. The van der Waals surface area contributed by atoms with Crippen LogP contribution < -0.4 is 5.32 Å². The molecule has 0 radical (unpaired) electrons. The molecule has 1 aliphatic rings. The molecule has 1 aliphatic heterocycles. The second-order valence-electron chi connectivity index (χ2n) is 6.20. The van der Waals surface area contributed by atoms with E-state index >= 15 is 0 Å². The van der Waals surface area contributed by atoms with Crippen molar-refractivity contribution in [2.45, 2.75) is 19.0 Å². The molecule has 2 aromatic rings. The number of carbonyl (C=O) groups is 1. The van der Waals surface area contributed by atoms with E-state index < -0.39 is 23.0 Å². The number of aliphatic imine (C=N–C) groups is 1. The summed E-state index contributed by atoms with van der Waals surface area (Å²) in [4.78, 5) is 29.4. The third kappa shape index (κ3) is 3.89. The summed E-state index contributed by atoms with van der Waals surface area (Å²) in [6.45, 7) is 1.93. The minimum atomic E-state index is -1.29. The molecule has 1 saturated heterocycles. The number of amides is 2. The lowest BCUT2D eigenvalue weighted by Crippen LogP contribution is -2.59. The highest BCUT2D eigenvalue weighted by Gasteiger charge is 2.46. The highest BCUT2D eigenvalue weighted by Crippen LogP contribution is 2.31. The van der Waals surface area contributed by atoms with Crippen LogP contribution in [0.3, 0.4) is 0 Å². The van der Waals surface area contributed by atoms with Crippen LogP contribution in [0.1, 0.15) is 17.2 Å². The van der Waals surface area contributed by atoms with Crippen LogP contribution in [0.5, 0.6) is 0 Å². The average molecular weight is 407 g/mol. The van der Waals surface area contributed by atoms with Gasteiger partial charge in [0.05, 0.1) is 15.7 Å². The number of nitrogens with zero attached hydrogens (tertiary/aromatic N) is 3. The number of hydrogen-bond acceptors (Lipinski definition) is 4. The molecular formula is C18H16Cl2N4O3. The first-order valence-corrected chi connectivity index (χ1v) is 8.81. The molecule has 0 saturated carbocycles. The molecule has 2 aromatic carbocycles. The molecule has 2 atom stereocenters. The van der Waals surface area contributed by atoms with Crippen LogP contribution in [-0.4, -0.2) is 34.8 Å². The van der Waals surface area contributed by atoms with E-state index in [2.05, 4.69) is 10.3 Å². The Morgan fingerprint density at radius 2 is 1.81 bits per heavy atom. The largest absolute Gasteiger partial charge is 0.323 e. The Morgan fingerprint density at radius 3 is 2.41 bits per heavy atom. The molecule has 1 fully saturated rings. The van der Waals surface area contributed by atoms with Gasteiger partial charge in [-0.25, -0.2) is 9.79 Å². The highest BCUT2D eigenvalue weighted by molar-refractivity contribution is 6.42. The Kier molecular flexibility index (Phi) is 5.34. The van der Waals surface area contributed by atoms with Crippen molar-refractivity contribution in [2.75, 3.05) is 7.05 Å². The number of amidine groups is 1. The third-order valence-corrected chi connectivity index (χ3v) is 5.05. The van der Waals surface area contributed by atoms with E-state index in [1.54, 1.807) is 18.2 Å². The van der Waals surface area contributed by atoms with Gasteiger partial charge in [0.15, 0.2) is 5.84 Å². The number of rotatable bonds is 3. The summed E-state index contributed by atoms with van der Waals surface area (Å²) in [6.07, 6.45) is 0. The Hall–Kier alpha value is -2.64. The van der Waals surface area contributed by atoms with Gasteiger partial charge in [-0.15, -0.1) is 0 Å². The molecule has 0 aromatic heterocycles. The molecule has 9 heteroatoms. The van der Waals surface area contributed by atoms with Gasteiger partial charge in [0.2, 0.25) is 0 Å². The Morgan fingerprint density at radius 1 is 1.15 bits per heavy atom. The SMILES string of the molecule is Cc1ccc(N=C2[C@@H]([N+](=O)[O-])[C@@H](c3ccc(Cl)c(Cl)c3)NC(=O)N2C)cc1. The summed E-state index contributed by atoms with van der Waals surface area (Å²) in [5.74, 6) is 0.0451. The molecule has 1 heterocycles. The molecule has 0 bridgehead atoms. The van der Waals surface area contributed by atoms with Crippen molar-refractivity contribution in [1.82, 2.24) is 10.2 Å². The Bertz CT molecular complexity index is 931. The fourth-order valence-electron chi connectivity index (χ4n) is 2.84. The quantitative estimate of drug-likeness (QED) is 0.605. The van der Waals surface area contributed by atoms with Crippen molar-refractivity contribution < 1.29 is 9.72 Å². The van der Waals surface area contributed by atoms with Crippen LogP contribution in [-0.2, 0) is 0 Å². The van der Waals surface area contributed by atoms with E-state index in [0.29, 0.717) is 16.3 Å². The fourth-order valence-corrected chi connectivity index (χ4v) is 3.15. The number of hydrogen-bond donors (Lipinski definition) is 1. The van der Waals surface area contributed by atoms with Crippen molar-refractivity contribution in [1.29, 1.82) is 0 Å². The number of halogens is 2. The van der Waals surface area contributed by atoms with Crippen molar-refractivity contribution in [3.63, 3.8) is 0 Å². The van der Waals surface area contributed by atoms with Crippen LogP contribution in [0.4, 0.5) is 10.5 Å². The standard InChI is InChI=1S/C18H16Cl2N4O3/c1-10-3-6-12(7-4-10)21-17-16(24(26)27)15(22-18(25)23(17)2)11-5-8-13(19)14(20)9-11/h3-9,15-16H,1-2H3,(H,22,25)/t15-,16+/m1/s1. The number of benzene rings is 2. The summed E-state index contributed by atoms with van der Waals surface area (Å²) in [6, 6.07) is 9.13. The van der Waals surface area contributed by atoms with E-state index in [-0.39, 0.29) is 10.9 Å². The van der Waals surface area contributed by atoms with Crippen LogP contribution in [0.25, 0.3) is 0 Å². The lowest BCUT2D eigenvalue weighted by molar-refractivity contribution is -0.509. The zero-order valence-corrected chi connectivity index (χ0v) is 16.0. The number of carbonyl (C=O) groups excluding carboxylic acids is 1. The van der Waals surface area contributed by atoms with E-state index in [4.69, 9.17) is 23.2 Å². The molecule has 27 heavy (non-hydrogen) atoms. The molecular weight excluding hydrogens is 391 g/mol. The van der Waals surface area contributed by atoms with E-state index in [9.17, 15) is 14.9 Å².